The molecule has 2 heterocycles. The average molecular weight is 285 g/mol. The number of nitrogens with two attached hydrogens (primary N) is 1. The fraction of sp³-hybridized carbons (Fsp3) is 0.471. The van der Waals surface area contributed by atoms with Crippen molar-refractivity contribution in [2.45, 2.75) is 44.8 Å². The molecule has 1 aromatic heterocycles. The molecular weight excluding hydrogens is 262 g/mol. The summed E-state index contributed by atoms with van der Waals surface area (Å²) in [5, 5.41) is 1.20. The van der Waals surface area contributed by atoms with Crippen LogP contribution in [0.15, 0.2) is 30.3 Å². The van der Waals surface area contributed by atoms with E-state index in [4.69, 9.17) is 15.6 Å². The maximum atomic E-state index is 5.75. The van der Waals surface area contributed by atoms with Crippen LogP contribution in [0.5, 0.6) is 0 Å². The molecule has 1 aliphatic rings. The first-order valence-electron chi connectivity index (χ1n) is 7.72. The summed E-state index contributed by atoms with van der Waals surface area (Å²) >= 11 is 0. The van der Waals surface area contributed by atoms with Crippen LogP contribution in [-0.2, 0) is 4.74 Å². The van der Waals surface area contributed by atoms with E-state index < -0.39 is 0 Å². The zero-order valence-electron chi connectivity index (χ0n) is 12.5. The summed E-state index contributed by atoms with van der Waals surface area (Å²) in [6, 6.07) is 10.5. The van der Waals surface area contributed by atoms with Crippen LogP contribution >= 0.6 is 0 Å². The van der Waals surface area contributed by atoms with Crippen LogP contribution in [0, 0.1) is 6.92 Å². The predicted octanol–water partition coefficient (Wildman–Crippen LogP) is 3.01. The first-order chi connectivity index (χ1) is 10.3. The number of pyridine rings is 1. The molecule has 1 saturated heterocycles. The lowest BCUT2D eigenvalue weighted by Gasteiger charge is -2.18. The highest BCUT2D eigenvalue weighted by Gasteiger charge is 2.19. The van der Waals surface area contributed by atoms with Crippen molar-refractivity contribution in [2.75, 3.05) is 6.61 Å². The summed E-state index contributed by atoms with van der Waals surface area (Å²) in [6.07, 6.45) is 4.72. The second kappa shape index (κ2) is 6.52. The van der Waals surface area contributed by atoms with Gasteiger partial charge in [0.1, 0.15) is 0 Å². The number of aromatic nitrogens is 1. The zero-order chi connectivity index (χ0) is 14.7. The Hall–Kier alpha value is -1.49. The summed E-state index contributed by atoms with van der Waals surface area (Å²) in [5.74, 6) is 5.75. The van der Waals surface area contributed by atoms with E-state index in [1.54, 1.807) is 0 Å². The minimum atomic E-state index is 0.0810. The van der Waals surface area contributed by atoms with Gasteiger partial charge >= 0.3 is 0 Å². The number of fused-ring (bicyclic) bond motifs is 1. The van der Waals surface area contributed by atoms with E-state index in [2.05, 4.69) is 30.5 Å². The van der Waals surface area contributed by atoms with E-state index in [9.17, 15) is 0 Å². The van der Waals surface area contributed by atoms with Gasteiger partial charge in [0.15, 0.2) is 0 Å². The average Bonchev–Trinajstić information content (AvgIpc) is 3.01. The van der Waals surface area contributed by atoms with Crippen LogP contribution in [0.1, 0.15) is 43.0 Å². The molecule has 1 aromatic carbocycles. The molecule has 2 unspecified atom stereocenters. The minimum absolute atomic E-state index is 0.0810. The second-order valence-corrected chi connectivity index (χ2v) is 5.81. The number of hydrazine groups is 1. The van der Waals surface area contributed by atoms with E-state index in [0.29, 0.717) is 6.10 Å². The lowest BCUT2D eigenvalue weighted by molar-refractivity contribution is 0.0995. The first-order valence-corrected chi connectivity index (χ1v) is 7.72. The Morgan fingerprint density at radius 2 is 2.29 bits per heavy atom. The number of ether oxygens (including phenoxy) is 1. The summed E-state index contributed by atoms with van der Waals surface area (Å²) in [6.45, 7) is 3.03. The van der Waals surface area contributed by atoms with Crippen LogP contribution in [0.2, 0.25) is 0 Å². The van der Waals surface area contributed by atoms with E-state index in [1.807, 2.05) is 12.1 Å². The van der Waals surface area contributed by atoms with Gasteiger partial charge in [-0.05, 0) is 50.3 Å². The van der Waals surface area contributed by atoms with E-state index in [1.165, 1.54) is 23.8 Å². The fourth-order valence-electron chi connectivity index (χ4n) is 3.10. The van der Waals surface area contributed by atoms with E-state index >= 15 is 0 Å². The Morgan fingerprint density at radius 1 is 1.43 bits per heavy atom. The lowest BCUT2D eigenvalue weighted by Crippen LogP contribution is -2.29. The molecule has 2 atom stereocenters. The van der Waals surface area contributed by atoms with Gasteiger partial charge in [-0.15, -0.1) is 0 Å². The molecule has 1 aliphatic heterocycles. The van der Waals surface area contributed by atoms with Crippen molar-refractivity contribution in [2.24, 2.45) is 5.84 Å². The van der Waals surface area contributed by atoms with Crippen molar-refractivity contribution in [3.05, 3.63) is 41.6 Å². The first kappa shape index (κ1) is 14.4. The molecule has 3 N–H and O–H groups in total. The van der Waals surface area contributed by atoms with Crippen LogP contribution in [0.25, 0.3) is 10.9 Å². The molecule has 0 amide bonds. The number of aryl methyl sites for hydroxylation is 1. The van der Waals surface area contributed by atoms with Crippen molar-refractivity contribution in [3.8, 4) is 0 Å². The summed E-state index contributed by atoms with van der Waals surface area (Å²) in [4.78, 5) is 4.77. The van der Waals surface area contributed by atoms with Crippen LogP contribution in [0.4, 0.5) is 0 Å². The van der Waals surface area contributed by atoms with Gasteiger partial charge in [-0.25, -0.2) is 0 Å². The van der Waals surface area contributed by atoms with E-state index in [-0.39, 0.29) is 6.04 Å². The van der Waals surface area contributed by atoms with E-state index in [0.717, 1.165) is 30.7 Å². The third kappa shape index (κ3) is 3.23. The minimum Gasteiger partial charge on any atom is -0.378 e. The van der Waals surface area contributed by atoms with Crippen molar-refractivity contribution >= 4 is 10.9 Å². The molecule has 0 spiro atoms. The Balaban J connectivity index is 1.79. The Bertz CT molecular complexity index is 608. The molecule has 0 saturated carbocycles. The number of hydrogen-bond acceptors (Lipinski definition) is 4. The number of nitrogens with zero attached hydrogens (tertiary/aromatic N) is 1. The van der Waals surface area contributed by atoms with Gasteiger partial charge in [-0.1, -0.05) is 18.2 Å². The van der Waals surface area contributed by atoms with Gasteiger partial charge < -0.3 is 4.74 Å². The molecule has 21 heavy (non-hydrogen) atoms. The van der Waals surface area contributed by atoms with Crippen LogP contribution < -0.4 is 11.3 Å². The summed E-state index contributed by atoms with van der Waals surface area (Å²) in [5.41, 5.74) is 6.21. The van der Waals surface area contributed by atoms with Crippen LogP contribution in [0.3, 0.4) is 0 Å². The van der Waals surface area contributed by atoms with Crippen molar-refractivity contribution in [1.29, 1.82) is 0 Å². The molecule has 0 radical (unpaired) electrons. The van der Waals surface area contributed by atoms with Crippen molar-refractivity contribution in [1.82, 2.24) is 10.4 Å². The molecular formula is C17H23N3O. The van der Waals surface area contributed by atoms with Gasteiger partial charge in [-0.3, -0.25) is 16.3 Å². The highest BCUT2D eigenvalue weighted by atomic mass is 16.5. The number of rotatable bonds is 5. The molecule has 112 valence electrons. The molecule has 4 heteroatoms. The topological polar surface area (TPSA) is 60.2 Å². The number of nitrogens with one attached hydrogen (secondary N) is 1. The third-order valence-electron chi connectivity index (χ3n) is 4.30. The van der Waals surface area contributed by atoms with Gasteiger partial charge in [0.05, 0.1) is 23.4 Å². The lowest BCUT2D eigenvalue weighted by atomic mass is 10.0. The molecule has 0 aliphatic carbocycles. The molecule has 3 rings (SSSR count). The standard InChI is InChI=1S/C17H23N3O/c1-12-11-17(19-15-7-3-2-6-14(12)15)16(20-18)9-8-13-5-4-10-21-13/h2-3,6-7,11,13,16,20H,4-5,8-10,18H2,1H3. The van der Waals surface area contributed by atoms with Gasteiger partial charge in [-0.2, -0.15) is 0 Å². The SMILES string of the molecule is Cc1cc(C(CCC2CCCO2)NN)nc2ccccc12. The normalized spacial score (nSPS) is 20.0. The highest BCUT2D eigenvalue weighted by Crippen LogP contribution is 2.25. The quantitative estimate of drug-likeness (QED) is 0.655. The number of benzene rings is 1. The Labute approximate surface area is 125 Å². The number of hydrogen-bond donors (Lipinski definition) is 2. The molecule has 1 fully saturated rings. The maximum absolute atomic E-state index is 5.75. The fourth-order valence-corrected chi connectivity index (χ4v) is 3.10. The molecule has 4 nitrogen and oxygen atoms in total. The maximum Gasteiger partial charge on any atom is 0.0708 e. The van der Waals surface area contributed by atoms with Crippen LogP contribution in [-0.4, -0.2) is 17.7 Å². The smallest absolute Gasteiger partial charge is 0.0708 e. The Kier molecular flexibility index (Phi) is 4.48. The molecule has 2 aromatic rings. The predicted molar refractivity (Wildman–Crippen MR) is 84.8 cm³/mol. The number of para-hydroxylation sites is 1. The zero-order valence-corrected chi connectivity index (χ0v) is 12.5. The highest BCUT2D eigenvalue weighted by molar-refractivity contribution is 5.82. The Morgan fingerprint density at radius 3 is 3.05 bits per heavy atom. The monoisotopic (exact) mass is 285 g/mol. The summed E-state index contributed by atoms with van der Waals surface area (Å²) in [7, 11) is 0. The van der Waals surface area contributed by atoms with Gasteiger partial charge in [0.25, 0.3) is 0 Å². The third-order valence-corrected chi connectivity index (χ3v) is 4.30. The van der Waals surface area contributed by atoms with Crippen molar-refractivity contribution in [3.63, 3.8) is 0 Å². The molecule has 0 bridgehead atoms. The largest absolute Gasteiger partial charge is 0.378 e. The van der Waals surface area contributed by atoms with Gasteiger partial charge in [0, 0.05) is 12.0 Å². The summed E-state index contributed by atoms with van der Waals surface area (Å²) < 4.78 is 5.69. The van der Waals surface area contributed by atoms with Gasteiger partial charge in [0.2, 0.25) is 0 Å². The second-order valence-electron chi connectivity index (χ2n) is 5.81. The van der Waals surface area contributed by atoms with Crippen molar-refractivity contribution < 1.29 is 4.74 Å².